The van der Waals surface area contributed by atoms with Crippen LogP contribution >= 0.6 is 11.6 Å². The first kappa shape index (κ1) is 24.5. The number of rotatable bonds is 5. The second-order valence-electron chi connectivity index (χ2n) is 10.2. The highest BCUT2D eigenvalue weighted by Gasteiger charge is 2.49. The Bertz CT molecular complexity index is 1470. The molecular formula is C26H26ClFN6O4. The Morgan fingerprint density at radius 2 is 2.13 bits per heavy atom. The molecule has 0 radical (unpaired) electrons. The van der Waals surface area contributed by atoms with E-state index in [1.54, 1.807) is 23.1 Å². The molecule has 12 heteroatoms. The molecule has 6 rings (SSSR count). The van der Waals surface area contributed by atoms with E-state index in [2.05, 4.69) is 20.8 Å². The summed E-state index contributed by atoms with van der Waals surface area (Å²) in [5, 5.41) is 12.8. The van der Waals surface area contributed by atoms with E-state index in [4.69, 9.17) is 22.1 Å². The van der Waals surface area contributed by atoms with Crippen molar-refractivity contribution in [3.8, 4) is 0 Å². The number of aromatic amines is 1. The Morgan fingerprint density at radius 1 is 1.32 bits per heavy atom. The molecule has 3 aliphatic rings. The maximum atomic E-state index is 15.2. The fourth-order valence-corrected chi connectivity index (χ4v) is 5.67. The molecule has 2 fully saturated rings. The van der Waals surface area contributed by atoms with Crippen LogP contribution in [0, 0.1) is 11.7 Å². The minimum Gasteiger partial charge on any atom is -0.436 e. The van der Waals surface area contributed by atoms with Gasteiger partial charge >= 0.3 is 6.09 Å². The molecule has 2 atom stereocenters. The molecule has 3 heterocycles. The van der Waals surface area contributed by atoms with Crippen molar-refractivity contribution < 1.29 is 23.5 Å². The lowest BCUT2D eigenvalue weighted by molar-refractivity contribution is -0.141. The van der Waals surface area contributed by atoms with Crippen molar-refractivity contribution in [1.82, 2.24) is 20.4 Å². The average molecular weight is 541 g/mol. The second-order valence-corrected chi connectivity index (χ2v) is 10.6. The minimum atomic E-state index is -1.37. The number of nitrogen functional groups attached to an aromatic ring is 1. The van der Waals surface area contributed by atoms with E-state index in [1.165, 1.54) is 12.1 Å². The van der Waals surface area contributed by atoms with Crippen molar-refractivity contribution >= 4 is 51.9 Å². The predicted octanol–water partition coefficient (Wildman–Crippen LogP) is 3.92. The molecule has 2 aliphatic heterocycles. The Labute approximate surface area is 222 Å². The molecule has 1 saturated carbocycles. The number of anilines is 2. The summed E-state index contributed by atoms with van der Waals surface area (Å²) in [6.45, 7) is 0.347. The first-order valence-corrected chi connectivity index (χ1v) is 12.9. The van der Waals surface area contributed by atoms with Gasteiger partial charge in [-0.15, -0.1) is 0 Å². The van der Waals surface area contributed by atoms with Gasteiger partial charge in [0.15, 0.2) is 17.2 Å². The van der Waals surface area contributed by atoms with Gasteiger partial charge in [0.25, 0.3) is 5.91 Å². The number of benzene rings is 2. The third kappa shape index (κ3) is 4.30. The normalized spacial score (nSPS) is 21.5. The maximum Gasteiger partial charge on any atom is 0.412 e. The minimum absolute atomic E-state index is 0.0417. The fraction of sp³-hybridized carbons (Fsp3) is 0.385. The van der Waals surface area contributed by atoms with Crippen LogP contribution in [-0.4, -0.2) is 52.1 Å². The Hall–Kier alpha value is -3.86. The molecule has 1 spiro atoms. The van der Waals surface area contributed by atoms with Crippen LogP contribution in [0.4, 0.5) is 20.7 Å². The molecule has 198 valence electrons. The molecule has 0 bridgehead atoms. The van der Waals surface area contributed by atoms with E-state index in [0.717, 1.165) is 12.8 Å². The number of nitrogens with two attached hydrogens (primary N) is 1. The van der Waals surface area contributed by atoms with Gasteiger partial charge in [0.05, 0.1) is 28.3 Å². The van der Waals surface area contributed by atoms with Gasteiger partial charge in [0, 0.05) is 17.5 Å². The van der Waals surface area contributed by atoms with Gasteiger partial charge in [0.2, 0.25) is 5.91 Å². The van der Waals surface area contributed by atoms with E-state index >= 15 is 4.39 Å². The SMILES string of the molecule is Nc1n[nH]c2cc(C(=O)N[C@@H](CC3CC3)C(=O)N3CCC[C@@]4(C3)OC(=O)Nc3ccc(Cl)c(F)c34)ccc12. The number of H-pyrrole nitrogens is 1. The van der Waals surface area contributed by atoms with Crippen molar-refractivity contribution in [2.24, 2.45) is 5.92 Å². The van der Waals surface area contributed by atoms with E-state index in [9.17, 15) is 14.4 Å². The molecule has 1 aliphatic carbocycles. The summed E-state index contributed by atoms with van der Waals surface area (Å²) in [5.74, 6) is -0.703. The lowest BCUT2D eigenvalue weighted by Crippen LogP contribution is -2.57. The summed E-state index contributed by atoms with van der Waals surface area (Å²) in [6, 6.07) is 7.10. The molecule has 3 amide bonds. The van der Waals surface area contributed by atoms with Crippen LogP contribution < -0.4 is 16.4 Å². The third-order valence-corrected chi connectivity index (χ3v) is 7.86. The number of ether oxygens (including phenoxy) is 1. The number of nitrogens with one attached hydrogen (secondary N) is 3. The lowest BCUT2D eigenvalue weighted by atomic mass is 9.82. The number of hydrogen-bond donors (Lipinski definition) is 4. The van der Waals surface area contributed by atoms with Gasteiger partial charge in [-0.1, -0.05) is 24.4 Å². The number of carbonyl (C=O) groups excluding carboxylic acids is 3. The molecule has 10 nitrogen and oxygen atoms in total. The van der Waals surface area contributed by atoms with Gasteiger partial charge in [-0.05, 0) is 55.5 Å². The van der Waals surface area contributed by atoms with Crippen molar-refractivity contribution in [2.75, 3.05) is 24.1 Å². The highest BCUT2D eigenvalue weighted by Crippen LogP contribution is 2.45. The summed E-state index contributed by atoms with van der Waals surface area (Å²) in [4.78, 5) is 41.0. The number of piperidine rings is 1. The number of carbonyl (C=O) groups is 3. The Morgan fingerprint density at radius 3 is 2.92 bits per heavy atom. The van der Waals surface area contributed by atoms with Gasteiger partial charge in [-0.2, -0.15) is 5.10 Å². The summed E-state index contributed by atoms with van der Waals surface area (Å²) >= 11 is 6.07. The maximum absolute atomic E-state index is 15.2. The van der Waals surface area contributed by atoms with Crippen LogP contribution in [0.5, 0.6) is 0 Å². The summed E-state index contributed by atoms with van der Waals surface area (Å²) < 4.78 is 20.9. The van der Waals surface area contributed by atoms with Crippen molar-refractivity contribution in [3.63, 3.8) is 0 Å². The number of fused-ring (bicyclic) bond motifs is 3. The molecule has 3 aromatic rings. The zero-order chi connectivity index (χ0) is 26.6. The van der Waals surface area contributed by atoms with Crippen LogP contribution in [0.25, 0.3) is 10.9 Å². The van der Waals surface area contributed by atoms with Crippen molar-refractivity contribution in [1.29, 1.82) is 0 Å². The number of likely N-dealkylation sites (tertiary alicyclic amines) is 1. The summed E-state index contributed by atoms with van der Waals surface area (Å²) in [7, 11) is 0. The third-order valence-electron chi connectivity index (χ3n) is 7.57. The zero-order valence-electron chi connectivity index (χ0n) is 20.4. The van der Waals surface area contributed by atoms with Crippen LogP contribution in [0.2, 0.25) is 5.02 Å². The van der Waals surface area contributed by atoms with Gasteiger partial charge in [-0.25, -0.2) is 9.18 Å². The van der Waals surface area contributed by atoms with Gasteiger partial charge < -0.3 is 20.7 Å². The number of hydrogen-bond acceptors (Lipinski definition) is 6. The molecule has 5 N–H and O–H groups in total. The van der Waals surface area contributed by atoms with Gasteiger partial charge in [0.1, 0.15) is 6.04 Å². The zero-order valence-corrected chi connectivity index (χ0v) is 21.1. The summed E-state index contributed by atoms with van der Waals surface area (Å²) in [6.07, 6.45) is 2.57. The lowest BCUT2D eigenvalue weighted by Gasteiger charge is -2.45. The average Bonchev–Trinajstić information content (AvgIpc) is 3.64. The first-order valence-electron chi connectivity index (χ1n) is 12.6. The number of amides is 3. The highest BCUT2D eigenvalue weighted by atomic mass is 35.5. The van der Waals surface area contributed by atoms with Crippen molar-refractivity contribution in [3.05, 3.63) is 52.3 Å². The fourth-order valence-electron chi connectivity index (χ4n) is 5.51. The monoisotopic (exact) mass is 540 g/mol. The number of aromatic nitrogens is 2. The standard InChI is InChI=1S/C26H26ClFN6O4/c27-16-6-7-17-20(21(16)28)26(38-25(37)31-17)8-1-9-34(12-26)24(36)19(10-13-2-3-13)30-23(35)14-4-5-15-18(11-14)32-33-22(15)29/h4-7,11,13,19H,1-3,8-10,12H2,(H,30,35)(H,31,37)(H3,29,32,33)/t19-,26-/m0/s1. The topological polar surface area (TPSA) is 142 Å². The van der Waals surface area contributed by atoms with Crippen LogP contribution in [0.3, 0.4) is 0 Å². The largest absolute Gasteiger partial charge is 0.436 e. The predicted molar refractivity (Wildman–Crippen MR) is 138 cm³/mol. The molecule has 1 saturated heterocycles. The molecule has 1 aromatic heterocycles. The van der Waals surface area contributed by atoms with Crippen molar-refractivity contribution in [2.45, 2.75) is 43.7 Å². The highest BCUT2D eigenvalue weighted by molar-refractivity contribution is 6.31. The van der Waals surface area contributed by atoms with E-state index in [1.807, 2.05) is 0 Å². The van der Waals surface area contributed by atoms with E-state index in [-0.39, 0.29) is 28.7 Å². The van der Waals surface area contributed by atoms with E-state index in [0.29, 0.717) is 54.0 Å². The number of nitrogens with zero attached hydrogens (tertiary/aromatic N) is 2. The molecule has 0 unspecified atom stereocenters. The van der Waals surface area contributed by atoms with E-state index < -0.39 is 29.5 Å². The smallest absolute Gasteiger partial charge is 0.412 e. The molecular weight excluding hydrogens is 515 g/mol. The number of halogens is 2. The first-order chi connectivity index (χ1) is 18.2. The Balaban J connectivity index is 1.26. The quantitative estimate of drug-likeness (QED) is 0.386. The molecule has 38 heavy (non-hydrogen) atoms. The Kier molecular flexibility index (Phi) is 5.90. The van der Waals surface area contributed by atoms with Crippen LogP contribution in [-0.2, 0) is 15.1 Å². The van der Waals surface area contributed by atoms with Crippen LogP contribution in [0.1, 0.15) is 48.0 Å². The molecule has 2 aromatic carbocycles. The second kappa shape index (κ2) is 9.16. The summed E-state index contributed by atoms with van der Waals surface area (Å²) in [5.41, 5.74) is 5.84. The van der Waals surface area contributed by atoms with Gasteiger partial charge in [-0.3, -0.25) is 20.0 Å². The van der Waals surface area contributed by atoms with Crippen LogP contribution in [0.15, 0.2) is 30.3 Å².